The summed E-state index contributed by atoms with van der Waals surface area (Å²) < 4.78 is 5.72. The topological polar surface area (TPSA) is 38.3 Å². The van der Waals surface area contributed by atoms with E-state index in [9.17, 15) is 4.79 Å². The zero-order valence-corrected chi connectivity index (χ0v) is 13.2. The summed E-state index contributed by atoms with van der Waals surface area (Å²) in [5.41, 5.74) is 1.79. The highest BCUT2D eigenvalue weighted by Gasteiger charge is 2.10. The Labute approximate surface area is 132 Å². The van der Waals surface area contributed by atoms with Crippen molar-refractivity contribution in [3.63, 3.8) is 0 Å². The second kappa shape index (κ2) is 8.23. The minimum absolute atomic E-state index is 0.0247. The Morgan fingerprint density at radius 2 is 1.64 bits per heavy atom. The molecule has 0 aliphatic heterocycles. The van der Waals surface area contributed by atoms with Crippen LogP contribution in [0.5, 0.6) is 5.75 Å². The van der Waals surface area contributed by atoms with Crippen LogP contribution in [0.25, 0.3) is 0 Å². The highest BCUT2D eigenvalue weighted by Crippen LogP contribution is 2.14. The van der Waals surface area contributed by atoms with E-state index >= 15 is 0 Å². The second-order valence-corrected chi connectivity index (χ2v) is 5.29. The van der Waals surface area contributed by atoms with Crippen molar-refractivity contribution < 1.29 is 9.53 Å². The van der Waals surface area contributed by atoms with Crippen molar-refractivity contribution in [2.75, 3.05) is 0 Å². The van der Waals surface area contributed by atoms with Crippen molar-refractivity contribution >= 4 is 5.91 Å². The number of benzene rings is 2. The first-order valence-corrected chi connectivity index (χ1v) is 7.80. The minimum Gasteiger partial charge on any atom is -0.489 e. The van der Waals surface area contributed by atoms with Gasteiger partial charge in [-0.05, 0) is 42.7 Å². The van der Waals surface area contributed by atoms with Gasteiger partial charge in [-0.25, -0.2) is 0 Å². The fraction of sp³-hybridized carbons (Fsp3) is 0.316. The molecule has 3 nitrogen and oxygen atoms in total. The van der Waals surface area contributed by atoms with Gasteiger partial charge >= 0.3 is 0 Å². The average molecular weight is 297 g/mol. The smallest absolute Gasteiger partial charge is 0.251 e. The van der Waals surface area contributed by atoms with E-state index in [2.05, 4.69) is 19.2 Å². The van der Waals surface area contributed by atoms with Crippen molar-refractivity contribution in [3.8, 4) is 5.75 Å². The first kappa shape index (κ1) is 16.1. The molecule has 2 rings (SSSR count). The molecule has 0 saturated heterocycles. The molecule has 3 heteroatoms. The van der Waals surface area contributed by atoms with Crippen molar-refractivity contribution in [2.45, 2.75) is 39.3 Å². The average Bonchev–Trinajstić information content (AvgIpc) is 2.59. The maximum atomic E-state index is 12.1. The van der Waals surface area contributed by atoms with E-state index in [1.807, 2.05) is 42.5 Å². The molecule has 0 aromatic heterocycles. The first-order valence-electron chi connectivity index (χ1n) is 7.80. The zero-order valence-electron chi connectivity index (χ0n) is 13.2. The van der Waals surface area contributed by atoms with Crippen LogP contribution >= 0.6 is 0 Å². The quantitative estimate of drug-likeness (QED) is 0.832. The fourth-order valence-electron chi connectivity index (χ4n) is 2.20. The van der Waals surface area contributed by atoms with Crippen molar-refractivity contribution in [1.82, 2.24) is 5.32 Å². The highest BCUT2D eigenvalue weighted by molar-refractivity contribution is 5.94. The Morgan fingerprint density at radius 3 is 2.23 bits per heavy atom. The molecule has 116 valence electrons. The Balaban J connectivity index is 1.91. The van der Waals surface area contributed by atoms with E-state index < -0.39 is 0 Å². The third-order valence-electron chi connectivity index (χ3n) is 3.69. The molecule has 0 radical (unpaired) electrons. The number of nitrogens with one attached hydrogen (secondary N) is 1. The number of carbonyl (C=O) groups excluding carboxylic acids is 1. The van der Waals surface area contributed by atoms with Gasteiger partial charge in [-0.3, -0.25) is 4.79 Å². The second-order valence-electron chi connectivity index (χ2n) is 5.29. The molecule has 1 amide bonds. The van der Waals surface area contributed by atoms with Crippen LogP contribution in [0.3, 0.4) is 0 Å². The predicted octanol–water partition coefficient (Wildman–Crippen LogP) is 4.18. The van der Waals surface area contributed by atoms with E-state index in [4.69, 9.17) is 4.74 Å². The molecular weight excluding hydrogens is 274 g/mol. The standard InChI is InChI=1S/C19H23NO2/c1-3-17(4-2)20-19(21)16-10-12-18(13-11-16)22-14-15-8-6-5-7-9-15/h5-13,17H,3-4,14H2,1-2H3,(H,20,21). The molecule has 1 N–H and O–H groups in total. The van der Waals surface area contributed by atoms with Gasteiger partial charge in [0.15, 0.2) is 0 Å². The lowest BCUT2D eigenvalue weighted by molar-refractivity contribution is 0.0935. The molecule has 2 aromatic carbocycles. The fourth-order valence-corrected chi connectivity index (χ4v) is 2.20. The lowest BCUT2D eigenvalue weighted by atomic mass is 10.1. The van der Waals surface area contributed by atoms with Crippen LogP contribution < -0.4 is 10.1 Å². The van der Waals surface area contributed by atoms with Gasteiger partial charge in [0.1, 0.15) is 12.4 Å². The van der Waals surface area contributed by atoms with Gasteiger partial charge in [0.2, 0.25) is 0 Å². The minimum atomic E-state index is -0.0247. The van der Waals surface area contributed by atoms with E-state index in [0.717, 1.165) is 24.2 Å². The zero-order chi connectivity index (χ0) is 15.8. The van der Waals surface area contributed by atoms with Gasteiger partial charge in [-0.1, -0.05) is 44.2 Å². The highest BCUT2D eigenvalue weighted by atomic mass is 16.5. The molecular formula is C19H23NO2. The van der Waals surface area contributed by atoms with Crippen LogP contribution in [0.2, 0.25) is 0 Å². The number of hydrogen-bond donors (Lipinski definition) is 1. The molecule has 0 bridgehead atoms. The monoisotopic (exact) mass is 297 g/mol. The van der Waals surface area contributed by atoms with Gasteiger partial charge in [-0.15, -0.1) is 0 Å². The molecule has 0 aliphatic carbocycles. The molecule has 2 aromatic rings. The van der Waals surface area contributed by atoms with Gasteiger partial charge in [0.25, 0.3) is 5.91 Å². The molecule has 0 saturated carbocycles. The Hall–Kier alpha value is -2.29. The molecule has 22 heavy (non-hydrogen) atoms. The maximum Gasteiger partial charge on any atom is 0.251 e. The van der Waals surface area contributed by atoms with Gasteiger partial charge in [0.05, 0.1) is 0 Å². The van der Waals surface area contributed by atoms with E-state index in [1.54, 1.807) is 12.1 Å². The number of rotatable bonds is 7. The van der Waals surface area contributed by atoms with Crippen LogP contribution in [0.15, 0.2) is 54.6 Å². The summed E-state index contributed by atoms with van der Waals surface area (Å²) in [6, 6.07) is 17.5. The number of ether oxygens (including phenoxy) is 1. The van der Waals surface area contributed by atoms with Crippen molar-refractivity contribution in [3.05, 3.63) is 65.7 Å². The Kier molecular flexibility index (Phi) is 6.01. The largest absolute Gasteiger partial charge is 0.489 e. The normalized spacial score (nSPS) is 10.5. The number of amides is 1. The van der Waals surface area contributed by atoms with E-state index in [0.29, 0.717) is 12.2 Å². The summed E-state index contributed by atoms with van der Waals surface area (Å²) in [6.07, 6.45) is 1.89. The summed E-state index contributed by atoms with van der Waals surface area (Å²) in [6.45, 7) is 4.68. The van der Waals surface area contributed by atoms with E-state index in [1.165, 1.54) is 0 Å². The van der Waals surface area contributed by atoms with Crippen LogP contribution in [0.1, 0.15) is 42.6 Å². The van der Waals surface area contributed by atoms with Crippen LogP contribution in [-0.2, 0) is 6.61 Å². The first-order chi connectivity index (χ1) is 10.7. The Bertz CT molecular complexity index is 574. The summed E-state index contributed by atoms with van der Waals surface area (Å²) in [4.78, 5) is 12.1. The SMILES string of the molecule is CCC(CC)NC(=O)c1ccc(OCc2ccccc2)cc1. The lowest BCUT2D eigenvalue weighted by Gasteiger charge is -2.14. The third-order valence-corrected chi connectivity index (χ3v) is 3.69. The molecule has 0 unspecified atom stereocenters. The Morgan fingerprint density at radius 1 is 1.00 bits per heavy atom. The molecule has 0 atom stereocenters. The maximum absolute atomic E-state index is 12.1. The summed E-state index contributed by atoms with van der Waals surface area (Å²) in [7, 11) is 0. The van der Waals surface area contributed by atoms with Crippen LogP contribution in [0.4, 0.5) is 0 Å². The molecule has 0 aliphatic rings. The number of carbonyl (C=O) groups is 1. The van der Waals surface area contributed by atoms with Crippen LogP contribution in [-0.4, -0.2) is 11.9 Å². The van der Waals surface area contributed by atoms with Gasteiger partial charge in [-0.2, -0.15) is 0 Å². The summed E-state index contributed by atoms with van der Waals surface area (Å²) in [5, 5.41) is 3.03. The summed E-state index contributed by atoms with van der Waals surface area (Å²) >= 11 is 0. The molecule has 0 heterocycles. The van der Waals surface area contributed by atoms with Gasteiger partial charge in [0, 0.05) is 11.6 Å². The molecule has 0 fully saturated rings. The predicted molar refractivity (Wildman–Crippen MR) is 89.1 cm³/mol. The molecule has 0 spiro atoms. The van der Waals surface area contributed by atoms with Crippen molar-refractivity contribution in [1.29, 1.82) is 0 Å². The van der Waals surface area contributed by atoms with Crippen molar-refractivity contribution in [2.24, 2.45) is 0 Å². The van der Waals surface area contributed by atoms with Gasteiger partial charge < -0.3 is 10.1 Å². The van der Waals surface area contributed by atoms with E-state index in [-0.39, 0.29) is 11.9 Å². The third kappa shape index (κ3) is 4.62. The summed E-state index contributed by atoms with van der Waals surface area (Å²) in [5.74, 6) is 0.742. The number of hydrogen-bond acceptors (Lipinski definition) is 2. The van der Waals surface area contributed by atoms with Crippen LogP contribution in [0, 0.1) is 0 Å². The lowest BCUT2D eigenvalue weighted by Crippen LogP contribution is -2.33.